The summed E-state index contributed by atoms with van der Waals surface area (Å²) in [6.07, 6.45) is 2.62. The van der Waals surface area contributed by atoms with E-state index in [2.05, 4.69) is 5.32 Å². The zero-order chi connectivity index (χ0) is 25.0. The van der Waals surface area contributed by atoms with Gasteiger partial charge in [0.15, 0.2) is 0 Å². The first kappa shape index (κ1) is 25.5. The quantitative estimate of drug-likeness (QED) is 0.412. The van der Waals surface area contributed by atoms with Crippen LogP contribution in [0.15, 0.2) is 24.3 Å². The number of phenolic OH excluding ortho intramolecular Hbond substituents is 1. The van der Waals surface area contributed by atoms with Crippen LogP contribution in [0.25, 0.3) is 0 Å². The highest BCUT2D eigenvalue weighted by atomic mass is 16.3. The number of nitrogens with two attached hydrogens (primary N) is 2. The predicted octanol–water partition coefficient (Wildman–Crippen LogP) is -0.130. The van der Waals surface area contributed by atoms with Gasteiger partial charge in [0.05, 0.1) is 6.04 Å². The molecular formula is C24H35N5O5. The molecule has 0 bridgehead atoms. The highest BCUT2D eigenvalue weighted by Gasteiger charge is 2.41. The maximum atomic E-state index is 13.2. The molecule has 4 amide bonds. The number of hydrogen-bond acceptors (Lipinski definition) is 6. The van der Waals surface area contributed by atoms with E-state index in [0.29, 0.717) is 38.8 Å². The summed E-state index contributed by atoms with van der Waals surface area (Å²) in [5.74, 6) is -1.69. The minimum atomic E-state index is -0.832. The number of rotatable bonds is 8. The van der Waals surface area contributed by atoms with Crippen molar-refractivity contribution < 1.29 is 24.3 Å². The number of primary amides is 1. The maximum Gasteiger partial charge on any atom is 0.246 e. The smallest absolute Gasteiger partial charge is 0.246 e. The molecule has 186 valence electrons. The number of amides is 4. The second kappa shape index (κ2) is 10.9. The minimum absolute atomic E-state index is 0.130. The molecule has 34 heavy (non-hydrogen) atoms. The molecular weight excluding hydrogens is 438 g/mol. The third-order valence-corrected chi connectivity index (χ3v) is 6.64. The summed E-state index contributed by atoms with van der Waals surface area (Å²) in [6, 6.07) is 3.44. The van der Waals surface area contributed by atoms with Crippen LogP contribution >= 0.6 is 0 Å². The largest absolute Gasteiger partial charge is 0.508 e. The molecule has 0 unspecified atom stereocenters. The van der Waals surface area contributed by atoms with Crippen LogP contribution in [0, 0.1) is 5.92 Å². The molecule has 3 rings (SSSR count). The van der Waals surface area contributed by atoms with E-state index in [9.17, 15) is 24.3 Å². The molecule has 0 saturated carbocycles. The summed E-state index contributed by atoms with van der Waals surface area (Å²) in [7, 11) is 0. The number of carbonyl (C=O) groups is 4. The third kappa shape index (κ3) is 5.67. The second-order valence-corrected chi connectivity index (χ2v) is 9.49. The van der Waals surface area contributed by atoms with Crippen LogP contribution in [-0.2, 0) is 25.6 Å². The number of likely N-dealkylation sites (tertiary alicyclic amines) is 2. The lowest BCUT2D eigenvalue weighted by Crippen LogP contribution is -2.58. The van der Waals surface area contributed by atoms with Crippen LogP contribution in [0.2, 0.25) is 0 Å². The van der Waals surface area contributed by atoms with Gasteiger partial charge in [0.2, 0.25) is 23.6 Å². The van der Waals surface area contributed by atoms with E-state index < -0.39 is 36.0 Å². The molecule has 0 radical (unpaired) electrons. The van der Waals surface area contributed by atoms with Crippen LogP contribution in [-0.4, -0.2) is 75.8 Å². The van der Waals surface area contributed by atoms with Crippen molar-refractivity contribution >= 4 is 23.6 Å². The molecule has 0 aliphatic carbocycles. The Kier molecular flexibility index (Phi) is 8.14. The van der Waals surface area contributed by atoms with Crippen molar-refractivity contribution in [1.82, 2.24) is 15.1 Å². The minimum Gasteiger partial charge on any atom is -0.508 e. The lowest BCUT2D eigenvalue weighted by molar-refractivity contribution is -0.144. The SMILES string of the molecule is CC(C)[C@H](NC(=O)[C@@H]1CCCN1C(=O)[C@@H](N)Cc1ccc(O)cc1)C(=O)N1CCC[C@H]1C(N)=O. The van der Waals surface area contributed by atoms with Crippen molar-refractivity contribution in [2.24, 2.45) is 17.4 Å². The van der Waals surface area contributed by atoms with Gasteiger partial charge in [-0.25, -0.2) is 0 Å². The van der Waals surface area contributed by atoms with Gasteiger partial charge in [-0.3, -0.25) is 19.2 Å². The van der Waals surface area contributed by atoms with E-state index in [1.54, 1.807) is 12.1 Å². The number of nitrogens with one attached hydrogen (secondary N) is 1. The average Bonchev–Trinajstić information content (AvgIpc) is 3.47. The van der Waals surface area contributed by atoms with Crippen LogP contribution in [0.1, 0.15) is 45.1 Å². The molecule has 2 fully saturated rings. The fraction of sp³-hybridized carbons (Fsp3) is 0.583. The standard InChI is InChI=1S/C24H35N5O5/c1-14(2)20(24(34)28-11-3-5-18(28)21(26)31)27-22(32)19-6-4-12-29(19)23(33)17(25)13-15-7-9-16(30)10-8-15/h7-10,14,17-20,30H,3-6,11-13,25H2,1-2H3,(H2,26,31)(H,27,32)/t17-,18-,19-,20-/m0/s1. The zero-order valence-corrected chi connectivity index (χ0v) is 19.8. The van der Waals surface area contributed by atoms with Crippen LogP contribution < -0.4 is 16.8 Å². The zero-order valence-electron chi connectivity index (χ0n) is 19.8. The number of hydrogen-bond donors (Lipinski definition) is 4. The molecule has 2 saturated heterocycles. The van der Waals surface area contributed by atoms with Crippen molar-refractivity contribution in [2.45, 2.75) is 70.1 Å². The van der Waals surface area contributed by atoms with Crippen molar-refractivity contribution in [3.63, 3.8) is 0 Å². The lowest BCUT2D eigenvalue weighted by Gasteiger charge is -2.32. The molecule has 1 aromatic carbocycles. The first-order chi connectivity index (χ1) is 16.1. The van der Waals surface area contributed by atoms with Gasteiger partial charge in [0.1, 0.15) is 23.9 Å². The van der Waals surface area contributed by atoms with Gasteiger partial charge >= 0.3 is 0 Å². The Balaban J connectivity index is 1.66. The monoisotopic (exact) mass is 473 g/mol. The summed E-state index contributed by atoms with van der Waals surface area (Å²) in [5.41, 5.74) is 12.4. The van der Waals surface area contributed by atoms with Gasteiger partial charge in [-0.15, -0.1) is 0 Å². The molecule has 2 aliphatic rings. The van der Waals surface area contributed by atoms with Gasteiger partial charge < -0.3 is 31.7 Å². The summed E-state index contributed by atoms with van der Waals surface area (Å²) in [6.45, 7) is 4.48. The van der Waals surface area contributed by atoms with Gasteiger partial charge in [-0.1, -0.05) is 26.0 Å². The molecule has 4 atom stereocenters. The van der Waals surface area contributed by atoms with Gasteiger partial charge in [0.25, 0.3) is 0 Å². The molecule has 10 heteroatoms. The molecule has 0 aromatic heterocycles. The Morgan fingerprint density at radius 3 is 2.12 bits per heavy atom. The molecule has 0 spiro atoms. The molecule has 1 aromatic rings. The van der Waals surface area contributed by atoms with Crippen LogP contribution in [0.3, 0.4) is 0 Å². The summed E-state index contributed by atoms with van der Waals surface area (Å²) in [5, 5.41) is 12.3. The second-order valence-electron chi connectivity index (χ2n) is 9.49. The fourth-order valence-electron chi connectivity index (χ4n) is 4.76. The molecule has 2 heterocycles. The number of nitrogens with zero attached hydrogens (tertiary/aromatic N) is 2. The van der Waals surface area contributed by atoms with Gasteiger partial charge in [0, 0.05) is 13.1 Å². The Labute approximate surface area is 199 Å². The van der Waals surface area contributed by atoms with E-state index in [1.165, 1.54) is 21.9 Å². The van der Waals surface area contributed by atoms with E-state index in [0.717, 1.165) is 5.56 Å². The Bertz CT molecular complexity index is 919. The molecule has 2 aliphatic heterocycles. The van der Waals surface area contributed by atoms with Gasteiger partial charge in [-0.2, -0.15) is 0 Å². The Morgan fingerprint density at radius 1 is 1.00 bits per heavy atom. The molecule has 10 nitrogen and oxygen atoms in total. The fourth-order valence-corrected chi connectivity index (χ4v) is 4.76. The summed E-state index contributed by atoms with van der Waals surface area (Å²) in [4.78, 5) is 54.1. The van der Waals surface area contributed by atoms with Crippen molar-refractivity contribution in [3.8, 4) is 5.75 Å². The first-order valence-corrected chi connectivity index (χ1v) is 11.8. The first-order valence-electron chi connectivity index (χ1n) is 11.8. The highest BCUT2D eigenvalue weighted by Crippen LogP contribution is 2.22. The Morgan fingerprint density at radius 2 is 1.56 bits per heavy atom. The molecule has 6 N–H and O–H groups in total. The number of aromatic hydroxyl groups is 1. The van der Waals surface area contributed by atoms with E-state index >= 15 is 0 Å². The van der Waals surface area contributed by atoms with E-state index in [-0.39, 0.29) is 29.9 Å². The van der Waals surface area contributed by atoms with Crippen molar-refractivity contribution in [3.05, 3.63) is 29.8 Å². The number of phenols is 1. The number of carbonyl (C=O) groups excluding carboxylic acids is 4. The maximum absolute atomic E-state index is 13.2. The third-order valence-electron chi connectivity index (χ3n) is 6.64. The highest BCUT2D eigenvalue weighted by molar-refractivity contribution is 5.95. The number of benzene rings is 1. The average molecular weight is 474 g/mol. The Hall–Kier alpha value is -3.14. The van der Waals surface area contributed by atoms with Crippen LogP contribution in [0.5, 0.6) is 5.75 Å². The normalized spacial score (nSPS) is 22.0. The van der Waals surface area contributed by atoms with Crippen LogP contribution in [0.4, 0.5) is 0 Å². The van der Waals surface area contributed by atoms with E-state index in [1.807, 2.05) is 13.8 Å². The lowest BCUT2D eigenvalue weighted by atomic mass is 10.0. The van der Waals surface area contributed by atoms with E-state index in [4.69, 9.17) is 11.5 Å². The van der Waals surface area contributed by atoms with Crippen molar-refractivity contribution in [2.75, 3.05) is 13.1 Å². The predicted molar refractivity (Wildman–Crippen MR) is 125 cm³/mol. The summed E-state index contributed by atoms with van der Waals surface area (Å²) >= 11 is 0. The van der Waals surface area contributed by atoms with Gasteiger partial charge in [-0.05, 0) is 55.7 Å². The summed E-state index contributed by atoms with van der Waals surface area (Å²) < 4.78 is 0. The van der Waals surface area contributed by atoms with Crippen molar-refractivity contribution in [1.29, 1.82) is 0 Å². The topological polar surface area (TPSA) is 159 Å².